The molecule has 0 atom stereocenters. The van der Waals surface area contributed by atoms with Crippen LogP contribution >= 0.6 is 27.5 Å². The zero-order valence-electron chi connectivity index (χ0n) is 9.79. The number of halogens is 2. The summed E-state index contributed by atoms with van der Waals surface area (Å²) in [5.74, 6) is 0.632. The minimum atomic E-state index is 0.0462. The van der Waals surface area contributed by atoms with E-state index in [1.165, 1.54) is 6.42 Å². The fraction of sp³-hybridized carbons (Fsp3) is 0.385. The first-order valence-electron chi connectivity index (χ1n) is 5.97. The predicted molar refractivity (Wildman–Crippen MR) is 78.2 cm³/mol. The van der Waals surface area contributed by atoms with Gasteiger partial charge in [-0.1, -0.05) is 0 Å². The maximum atomic E-state index is 6.08. The monoisotopic (exact) mass is 325 g/mol. The molecule has 1 aliphatic rings. The van der Waals surface area contributed by atoms with Gasteiger partial charge in [-0.2, -0.15) is 0 Å². The van der Waals surface area contributed by atoms with Gasteiger partial charge >= 0.3 is 0 Å². The Balaban J connectivity index is 2.01. The van der Waals surface area contributed by atoms with Crippen LogP contribution in [-0.4, -0.2) is 21.4 Å². The molecule has 0 unspecified atom stereocenters. The van der Waals surface area contributed by atoms with Gasteiger partial charge in [0.05, 0.1) is 16.7 Å². The smallest absolute Gasteiger partial charge is 0.112 e. The van der Waals surface area contributed by atoms with E-state index in [1.54, 1.807) is 12.4 Å². The molecular formula is C13H13BrClN3. The van der Waals surface area contributed by atoms with Gasteiger partial charge < -0.3 is 5.32 Å². The van der Waals surface area contributed by atoms with Crippen molar-refractivity contribution in [2.45, 2.75) is 24.8 Å². The first kappa shape index (κ1) is 12.2. The van der Waals surface area contributed by atoms with Gasteiger partial charge in [0.25, 0.3) is 0 Å². The molecule has 0 radical (unpaired) electrons. The highest BCUT2D eigenvalue weighted by atomic mass is 79.9. The molecule has 0 spiro atoms. The van der Waals surface area contributed by atoms with Gasteiger partial charge in [-0.15, -0.1) is 11.6 Å². The van der Waals surface area contributed by atoms with E-state index in [0.717, 1.165) is 34.0 Å². The highest BCUT2D eigenvalue weighted by molar-refractivity contribution is 9.10. The fourth-order valence-electron chi connectivity index (χ4n) is 2.29. The molecule has 0 aromatic carbocycles. The topological polar surface area (TPSA) is 37.8 Å². The van der Waals surface area contributed by atoms with Crippen molar-refractivity contribution in [3.8, 4) is 0 Å². The van der Waals surface area contributed by atoms with Gasteiger partial charge in [0.1, 0.15) is 5.52 Å². The number of hydrogen-bond donors (Lipinski definition) is 1. The van der Waals surface area contributed by atoms with Crippen LogP contribution in [0.25, 0.3) is 11.0 Å². The van der Waals surface area contributed by atoms with E-state index in [2.05, 4.69) is 31.2 Å². The van der Waals surface area contributed by atoms with Crippen molar-refractivity contribution in [1.82, 2.24) is 9.97 Å². The average Bonchev–Trinajstić information content (AvgIpc) is 2.33. The molecule has 0 aliphatic heterocycles. The lowest BCUT2D eigenvalue weighted by atomic mass is 9.78. The molecule has 0 saturated heterocycles. The predicted octanol–water partition coefficient (Wildman–Crippen LogP) is 3.97. The van der Waals surface area contributed by atoms with E-state index in [0.29, 0.717) is 5.88 Å². The van der Waals surface area contributed by atoms with Crippen LogP contribution in [0.3, 0.4) is 0 Å². The lowest BCUT2D eigenvalue weighted by Gasteiger charge is -2.42. The number of fused-ring (bicyclic) bond motifs is 1. The molecule has 94 valence electrons. The molecular weight excluding hydrogens is 314 g/mol. The summed E-state index contributed by atoms with van der Waals surface area (Å²) in [5.41, 5.74) is 2.85. The second kappa shape index (κ2) is 4.67. The fourth-order valence-corrected chi connectivity index (χ4v) is 2.94. The molecule has 3 rings (SSSR count). The summed E-state index contributed by atoms with van der Waals surface area (Å²) >= 11 is 9.49. The quantitative estimate of drug-likeness (QED) is 0.867. The Morgan fingerprint density at radius 2 is 2.22 bits per heavy atom. The summed E-state index contributed by atoms with van der Waals surface area (Å²) in [7, 11) is 0. The summed E-state index contributed by atoms with van der Waals surface area (Å²) in [6, 6.07) is 3.94. The van der Waals surface area contributed by atoms with Crippen molar-refractivity contribution in [2.75, 3.05) is 11.2 Å². The van der Waals surface area contributed by atoms with Gasteiger partial charge in [0, 0.05) is 22.7 Å². The van der Waals surface area contributed by atoms with Crippen LogP contribution in [0.5, 0.6) is 0 Å². The van der Waals surface area contributed by atoms with Crippen molar-refractivity contribution in [1.29, 1.82) is 0 Å². The Hall–Kier alpha value is -0.870. The molecule has 5 heteroatoms. The third-order valence-electron chi connectivity index (χ3n) is 3.51. The van der Waals surface area contributed by atoms with E-state index < -0.39 is 0 Å². The van der Waals surface area contributed by atoms with Crippen LogP contribution in [0, 0.1) is 0 Å². The van der Waals surface area contributed by atoms with Gasteiger partial charge in [0.2, 0.25) is 0 Å². The lowest BCUT2D eigenvalue weighted by Crippen LogP contribution is -2.46. The Morgan fingerprint density at radius 3 is 2.89 bits per heavy atom. The molecule has 0 amide bonds. The molecule has 1 saturated carbocycles. The molecule has 0 bridgehead atoms. The first-order valence-corrected chi connectivity index (χ1v) is 7.30. The standard InChI is InChI=1S/C13H13BrClN3/c14-9-6-11-12(17-7-9)10(2-5-16-11)18-13(8-15)3-1-4-13/h2,5-7H,1,3-4,8H2,(H,16,18). The lowest BCUT2D eigenvalue weighted by molar-refractivity contribution is 0.311. The highest BCUT2D eigenvalue weighted by Crippen LogP contribution is 2.37. The minimum absolute atomic E-state index is 0.0462. The Morgan fingerprint density at radius 1 is 1.39 bits per heavy atom. The Labute approximate surface area is 119 Å². The van der Waals surface area contributed by atoms with Gasteiger partial charge in [0.15, 0.2) is 0 Å². The van der Waals surface area contributed by atoms with E-state index in [4.69, 9.17) is 11.6 Å². The summed E-state index contributed by atoms with van der Waals surface area (Å²) < 4.78 is 0.940. The molecule has 1 aliphatic carbocycles. The molecule has 2 aromatic rings. The van der Waals surface area contributed by atoms with E-state index in [-0.39, 0.29) is 5.54 Å². The number of pyridine rings is 2. The number of anilines is 1. The number of nitrogens with zero attached hydrogens (tertiary/aromatic N) is 2. The second-order valence-corrected chi connectivity index (χ2v) is 5.96. The zero-order chi connectivity index (χ0) is 12.6. The second-order valence-electron chi connectivity index (χ2n) is 4.77. The maximum absolute atomic E-state index is 6.08. The van der Waals surface area contributed by atoms with Crippen LogP contribution < -0.4 is 5.32 Å². The number of rotatable bonds is 3. The third-order valence-corrected chi connectivity index (χ3v) is 4.46. The Bertz CT molecular complexity index is 578. The summed E-state index contributed by atoms with van der Waals surface area (Å²) in [4.78, 5) is 8.78. The van der Waals surface area contributed by atoms with Crippen LogP contribution in [-0.2, 0) is 0 Å². The van der Waals surface area contributed by atoms with E-state index in [9.17, 15) is 0 Å². The largest absolute Gasteiger partial charge is 0.377 e. The van der Waals surface area contributed by atoms with Gasteiger partial charge in [-0.25, -0.2) is 0 Å². The third kappa shape index (κ3) is 2.08. The Kier molecular flexibility index (Phi) is 3.16. The molecule has 2 heterocycles. The van der Waals surface area contributed by atoms with Crippen molar-refractivity contribution >= 4 is 44.3 Å². The van der Waals surface area contributed by atoms with Gasteiger partial charge in [-0.05, 0) is 47.3 Å². The molecule has 3 nitrogen and oxygen atoms in total. The van der Waals surface area contributed by atoms with Gasteiger partial charge in [-0.3, -0.25) is 9.97 Å². The number of aromatic nitrogens is 2. The zero-order valence-corrected chi connectivity index (χ0v) is 12.1. The maximum Gasteiger partial charge on any atom is 0.112 e. The van der Waals surface area contributed by atoms with Crippen molar-refractivity contribution in [3.63, 3.8) is 0 Å². The molecule has 18 heavy (non-hydrogen) atoms. The number of nitrogens with one attached hydrogen (secondary N) is 1. The van der Waals surface area contributed by atoms with Crippen molar-refractivity contribution < 1.29 is 0 Å². The van der Waals surface area contributed by atoms with Crippen molar-refractivity contribution in [2.24, 2.45) is 0 Å². The number of hydrogen-bond acceptors (Lipinski definition) is 3. The molecule has 1 N–H and O–H groups in total. The highest BCUT2D eigenvalue weighted by Gasteiger charge is 2.36. The van der Waals surface area contributed by atoms with Crippen LogP contribution in [0.1, 0.15) is 19.3 Å². The number of alkyl halides is 1. The summed E-state index contributed by atoms with van der Waals surface area (Å²) in [6.07, 6.45) is 7.08. The van der Waals surface area contributed by atoms with Crippen molar-refractivity contribution in [3.05, 3.63) is 29.0 Å². The minimum Gasteiger partial charge on any atom is -0.377 e. The summed E-state index contributed by atoms with van der Waals surface area (Å²) in [5, 5.41) is 3.55. The van der Waals surface area contributed by atoms with E-state index >= 15 is 0 Å². The first-order chi connectivity index (χ1) is 8.72. The normalized spacial score (nSPS) is 17.4. The van der Waals surface area contributed by atoms with Crippen LogP contribution in [0.4, 0.5) is 5.69 Å². The van der Waals surface area contributed by atoms with Crippen LogP contribution in [0.2, 0.25) is 0 Å². The SMILES string of the molecule is ClCC1(Nc2ccnc3cc(Br)cnc23)CCC1. The molecule has 1 fully saturated rings. The van der Waals surface area contributed by atoms with E-state index in [1.807, 2.05) is 12.1 Å². The van der Waals surface area contributed by atoms with Crippen LogP contribution in [0.15, 0.2) is 29.0 Å². The average molecular weight is 327 g/mol. The summed E-state index contributed by atoms with van der Waals surface area (Å²) in [6.45, 7) is 0. The molecule has 2 aromatic heterocycles.